The van der Waals surface area contributed by atoms with Gasteiger partial charge < -0.3 is 4.90 Å². The second kappa shape index (κ2) is 9.84. The number of hydrogen-bond donors (Lipinski definition) is 1. The molecule has 1 heterocycles. The lowest BCUT2D eigenvalue weighted by Crippen LogP contribution is -2.42. The van der Waals surface area contributed by atoms with Crippen LogP contribution in [-0.2, 0) is 10.2 Å². The summed E-state index contributed by atoms with van der Waals surface area (Å²) in [5.74, 6) is -0.443. The van der Waals surface area contributed by atoms with Gasteiger partial charge in [0, 0.05) is 24.0 Å². The maximum Gasteiger partial charge on any atom is 0.255 e. The molecule has 1 N–H and O–H groups in total. The maximum atomic E-state index is 12.7. The SMILES string of the molecule is CC(C)(C)c1ccc(/C=N\NC(=O)C2CCN(C(=O)c3ccc(Cl)cc3Cl)CC2)cc1. The summed E-state index contributed by atoms with van der Waals surface area (Å²) in [7, 11) is 0. The number of halogens is 2. The highest BCUT2D eigenvalue weighted by atomic mass is 35.5. The Morgan fingerprint density at radius 3 is 2.29 bits per heavy atom. The first kappa shape index (κ1) is 23.3. The second-order valence-electron chi connectivity index (χ2n) is 8.80. The average Bonchev–Trinajstić information content (AvgIpc) is 2.73. The first-order chi connectivity index (χ1) is 14.6. The van der Waals surface area contributed by atoms with Gasteiger partial charge in [-0.1, -0.05) is 68.2 Å². The molecule has 0 unspecified atom stereocenters. The molecule has 0 aromatic heterocycles. The number of nitrogens with zero attached hydrogens (tertiary/aromatic N) is 2. The van der Waals surface area contributed by atoms with Crippen molar-refractivity contribution in [3.63, 3.8) is 0 Å². The summed E-state index contributed by atoms with van der Waals surface area (Å²) in [5, 5.41) is 4.92. The molecule has 1 aliphatic heterocycles. The Morgan fingerprint density at radius 1 is 1.06 bits per heavy atom. The molecule has 7 heteroatoms. The van der Waals surface area contributed by atoms with Crippen molar-refractivity contribution in [1.29, 1.82) is 0 Å². The van der Waals surface area contributed by atoms with E-state index in [9.17, 15) is 9.59 Å². The van der Waals surface area contributed by atoms with Crippen LogP contribution in [0.2, 0.25) is 10.0 Å². The van der Waals surface area contributed by atoms with Gasteiger partial charge in [-0.05, 0) is 47.6 Å². The number of nitrogens with one attached hydrogen (secondary N) is 1. The molecule has 2 aromatic carbocycles. The predicted molar refractivity (Wildman–Crippen MR) is 126 cm³/mol. The molecule has 0 radical (unpaired) electrons. The molecule has 3 rings (SSSR count). The van der Waals surface area contributed by atoms with E-state index in [0.717, 1.165) is 5.56 Å². The first-order valence-corrected chi connectivity index (χ1v) is 11.1. The fraction of sp³-hybridized carbons (Fsp3) is 0.375. The zero-order chi connectivity index (χ0) is 22.6. The smallest absolute Gasteiger partial charge is 0.255 e. The van der Waals surface area contributed by atoms with Crippen LogP contribution in [0.4, 0.5) is 0 Å². The molecule has 5 nitrogen and oxygen atoms in total. The van der Waals surface area contributed by atoms with Gasteiger partial charge >= 0.3 is 0 Å². The number of carbonyl (C=O) groups is 2. The van der Waals surface area contributed by atoms with E-state index in [1.165, 1.54) is 5.56 Å². The highest BCUT2D eigenvalue weighted by molar-refractivity contribution is 6.36. The van der Waals surface area contributed by atoms with Crippen LogP contribution in [0.1, 0.15) is 55.1 Å². The van der Waals surface area contributed by atoms with Crippen LogP contribution in [0.3, 0.4) is 0 Å². The highest BCUT2D eigenvalue weighted by Gasteiger charge is 2.28. The lowest BCUT2D eigenvalue weighted by molar-refractivity contribution is -0.126. The summed E-state index contributed by atoms with van der Waals surface area (Å²) >= 11 is 12.1. The van der Waals surface area contributed by atoms with Crippen LogP contribution in [-0.4, -0.2) is 36.0 Å². The third kappa shape index (κ3) is 6.08. The lowest BCUT2D eigenvalue weighted by atomic mass is 9.87. The van der Waals surface area contributed by atoms with E-state index in [1.807, 2.05) is 12.1 Å². The summed E-state index contributed by atoms with van der Waals surface area (Å²) in [6.07, 6.45) is 2.81. The van der Waals surface area contributed by atoms with Crippen molar-refractivity contribution in [2.75, 3.05) is 13.1 Å². The molecule has 0 saturated carbocycles. The number of carbonyl (C=O) groups excluding carboxylic acids is 2. The average molecular weight is 460 g/mol. The van der Waals surface area contributed by atoms with Crippen LogP contribution in [0, 0.1) is 5.92 Å². The third-order valence-electron chi connectivity index (χ3n) is 5.48. The van der Waals surface area contributed by atoms with Crippen molar-refractivity contribution in [3.8, 4) is 0 Å². The number of likely N-dealkylation sites (tertiary alicyclic amines) is 1. The fourth-order valence-electron chi connectivity index (χ4n) is 3.51. The summed E-state index contributed by atoms with van der Waals surface area (Å²) in [6.45, 7) is 7.49. The summed E-state index contributed by atoms with van der Waals surface area (Å²) < 4.78 is 0. The number of amides is 2. The van der Waals surface area contributed by atoms with Crippen molar-refractivity contribution in [3.05, 3.63) is 69.2 Å². The summed E-state index contributed by atoms with van der Waals surface area (Å²) in [4.78, 5) is 26.9. The number of hydrogen-bond acceptors (Lipinski definition) is 3. The van der Waals surface area contributed by atoms with Crippen molar-refractivity contribution in [2.45, 2.75) is 39.0 Å². The van der Waals surface area contributed by atoms with Gasteiger partial charge in [0.2, 0.25) is 5.91 Å². The topological polar surface area (TPSA) is 61.8 Å². The Labute approximate surface area is 193 Å². The van der Waals surface area contributed by atoms with Gasteiger partial charge in [-0.25, -0.2) is 5.43 Å². The van der Waals surface area contributed by atoms with Crippen LogP contribution in [0.5, 0.6) is 0 Å². The molecule has 2 aromatic rings. The maximum absolute atomic E-state index is 12.7. The Balaban J connectivity index is 1.50. The molecule has 0 spiro atoms. The molecule has 2 amide bonds. The van der Waals surface area contributed by atoms with E-state index in [0.29, 0.717) is 41.5 Å². The Bertz CT molecular complexity index is 973. The van der Waals surface area contributed by atoms with Gasteiger partial charge in [-0.3, -0.25) is 9.59 Å². The van der Waals surface area contributed by atoms with Gasteiger partial charge in [0.25, 0.3) is 5.91 Å². The molecule has 1 saturated heterocycles. The van der Waals surface area contributed by atoms with Crippen molar-refractivity contribution >= 4 is 41.2 Å². The predicted octanol–water partition coefficient (Wildman–Crippen LogP) is 5.29. The summed E-state index contributed by atoms with van der Waals surface area (Å²) in [5.41, 5.74) is 5.32. The standard InChI is InChI=1S/C24H27Cl2N3O2/c1-24(2,3)18-6-4-16(5-7-18)15-27-28-22(30)17-10-12-29(13-11-17)23(31)20-9-8-19(25)14-21(20)26/h4-9,14-15,17H,10-13H2,1-3H3,(H,28,30)/b27-15-. The van der Waals surface area contributed by atoms with Gasteiger partial charge in [0.05, 0.1) is 16.8 Å². The number of benzene rings is 2. The highest BCUT2D eigenvalue weighted by Crippen LogP contribution is 2.25. The molecule has 164 valence electrons. The molecule has 31 heavy (non-hydrogen) atoms. The van der Waals surface area contributed by atoms with Crippen LogP contribution < -0.4 is 5.43 Å². The minimum absolute atomic E-state index is 0.0963. The van der Waals surface area contributed by atoms with E-state index >= 15 is 0 Å². The first-order valence-electron chi connectivity index (χ1n) is 10.3. The lowest BCUT2D eigenvalue weighted by Gasteiger charge is -2.31. The van der Waals surface area contributed by atoms with Crippen molar-refractivity contribution < 1.29 is 9.59 Å². The number of hydrazone groups is 1. The zero-order valence-corrected chi connectivity index (χ0v) is 19.5. The van der Waals surface area contributed by atoms with Gasteiger partial charge in [0.1, 0.15) is 0 Å². The third-order valence-corrected chi connectivity index (χ3v) is 6.03. The quantitative estimate of drug-likeness (QED) is 0.498. The molecular formula is C24H27Cl2N3O2. The molecule has 0 atom stereocenters. The minimum Gasteiger partial charge on any atom is -0.339 e. The van der Waals surface area contributed by atoms with E-state index < -0.39 is 0 Å². The zero-order valence-electron chi connectivity index (χ0n) is 18.0. The van der Waals surface area contributed by atoms with Crippen LogP contribution in [0.15, 0.2) is 47.6 Å². The van der Waals surface area contributed by atoms with Gasteiger partial charge in [0.15, 0.2) is 0 Å². The fourth-order valence-corrected chi connectivity index (χ4v) is 4.00. The number of piperidine rings is 1. The molecule has 1 fully saturated rings. The van der Waals surface area contributed by atoms with E-state index in [-0.39, 0.29) is 23.1 Å². The van der Waals surface area contributed by atoms with E-state index in [1.54, 1.807) is 29.3 Å². The van der Waals surface area contributed by atoms with Crippen LogP contribution >= 0.6 is 23.2 Å². The second-order valence-corrected chi connectivity index (χ2v) is 9.64. The monoisotopic (exact) mass is 459 g/mol. The van der Waals surface area contributed by atoms with Gasteiger partial charge in [-0.2, -0.15) is 5.10 Å². The summed E-state index contributed by atoms with van der Waals surface area (Å²) in [6, 6.07) is 13.0. The Kier molecular flexibility index (Phi) is 7.39. The van der Waals surface area contributed by atoms with Crippen LogP contribution in [0.25, 0.3) is 0 Å². The molecule has 1 aliphatic rings. The molecule has 0 aliphatic carbocycles. The normalized spacial score (nSPS) is 15.3. The minimum atomic E-state index is -0.176. The van der Waals surface area contributed by atoms with E-state index in [2.05, 4.69) is 43.4 Å². The van der Waals surface area contributed by atoms with Gasteiger partial charge in [-0.15, -0.1) is 0 Å². The van der Waals surface area contributed by atoms with Crippen molar-refractivity contribution in [1.82, 2.24) is 10.3 Å². The molecule has 0 bridgehead atoms. The Morgan fingerprint density at radius 2 is 1.71 bits per heavy atom. The van der Waals surface area contributed by atoms with E-state index in [4.69, 9.17) is 23.2 Å². The molecular weight excluding hydrogens is 433 g/mol. The number of rotatable bonds is 4. The largest absolute Gasteiger partial charge is 0.339 e. The Hall–Kier alpha value is -2.37. The van der Waals surface area contributed by atoms with Crippen molar-refractivity contribution in [2.24, 2.45) is 11.0 Å².